The van der Waals surface area contributed by atoms with E-state index in [4.69, 9.17) is 4.42 Å². The molecule has 1 fully saturated rings. The number of carbonyl (C=O) groups excluding carboxylic acids is 1. The number of benzene rings is 1. The monoisotopic (exact) mass is 257 g/mol. The molecule has 3 rings (SSSR count). The fraction of sp³-hybridized carbons (Fsp3) is 0.438. The van der Waals surface area contributed by atoms with Gasteiger partial charge in [-0.2, -0.15) is 0 Å². The Bertz CT molecular complexity index is 550. The van der Waals surface area contributed by atoms with Crippen molar-refractivity contribution in [2.75, 3.05) is 0 Å². The molecule has 100 valence electrons. The number of furan rings is 1. The molecule has 1 aromatic heterocycles. The molecule has 0 bridgehead atoms. The van der Waals surface area contributed by atoms with Crippen molar-refractivity contribution in [1.82, 2.24) is 5.32 Å². The van der Waals surface area contributed by atoms with Gasteiger partial charge in [-0.3, -0.25) is 4.79 Å². The highest BCUT2D eigenvalue weighted by atomic mass is 16.3. The minimum atomic E-state index is 0.119. The lowest BCUT2D eigenvalue weighted by Gasteiger charge is -2.25. The third-order valence-electron chi connectivity index (χ3n) is 3.85. The van der Waals surface area contributed by atoms with E-state index in [1.807, 2.05) is 31.2 Å². The number of amides is 1. The normalized spacial score (nSPS) is 17.1. The van der Waals surface area contributed by atoms with Crippen molar-refractivity contribution in [3.63, 3.8) is 0 Å². The van der Waals surface area contributed by atoms with Crippen LogP contribution in [0.2, 0.25) is 0 Å². The molecule has 0 spiro atoms. The molecule has 1 unspecified atom stereocenters. The summed E-state index contributed by atoms with van der Waals surface area (Å²) in [5.41, 5.74) is 0.912. The Labute approximate surface area is 113 Å². The summed E-state index contributed by atoms with van der Waals surface area (Å²) in [5.74, 6) is 1.38. The highest BCUT2D eigenvalue weighted by molar-refractivity contribution is 5.80. The first-order valence-electron chi connectivity index (χ1n) is 7.00. The molecule has 1 aliphatic rings. The average molecular weight is 257 g/mol. The van der Waals surface area contributed by atoms with E-state index in [9.17, 15) is 4.79 Å². The summed E-state index contributed by atoms with van der Waals surface area (Å²) in [4.78, 5) is 11.9. The Balaban J connectivity index is 1.61. The molecule has 3 heteroatoms. The predicted molar refractivity (Wildman–Crippen MR) is 74.9 cm³/mol. The third kappa shape index (κ3) is 2.65. The van der Waals surface area contributed by atoms with Crippen molar-refractivity contribution < 1.29 is 9.21 Å². The van der Waals surface area contributed by atoms with E-state index >= 15 is 0 Å². The molecule has 1 saturated carbocycles. The number of rotatable bonds is 4. The fourth-order valence-corrected chi connectivity index (χ4v) is 2.52. The number of nitrogens with one attached hydrogen (secondary N) is 1. The van der Waals surface area contributed by atoms with E-state index in [0.717, 1.165) is 36.0 Å². The second kappa shape index (κ2) is 5.08. The van der Waals surface area contributed by atoms with Crippen molar-refractivity contribution >= 4 is 16.9 Å². The molecule has 0 aliphatic heterocycles. The van der Waals surface area contributed by atoms with Crippen molar-refractivity contribution in [2.24, 2.45) is 5.92 Å². The maximum absolute atomic E-state index is 11.9. The van der Waals surface area contributed by atoms with E-state index in [0.29, 0.717) is 0 Å². The number of fused-ring (bicyclic) bond motifs is 1. The highest BCUT2D eigenvalue weighted by Crippen LogP contribution is 2.26. The largest absolute Gasteiger partial charge is 0.461 e. The zero-order valence-electron chi connectivity index (χ0n) is 11.2. The van der Waals surface area contributed by atoms with Gasteiger partial charge < -0.3 is 9.73 Å². The van der Waals surface area contributed by atoms with Gasteiger partial charge >= 0.3 is 0 Å². The molecule has 19 heavy (non-hydrogen) atoms. The molecule has 2 aromatic rings. The minimum absolute atomic E-state index is 0.119. The van der Waals surface area contributed by atoms with Crippen molar-refractivity contribution in [3.05, 3.63) is 36.1 Å². The second-order valence-electron chi connectivity index (χ2n) is 5.49. The number of hydrogen-bond donors (Lipinski definition) is 1. The minimum Gasteiger partial charge on any atom is -0.461 e. The van der Waals surface area contributed by atoms with Crippen LogP contribution in [0, 0.1) is 5.92 Å². The topological polar surface area (TPSA) is 42.2 Å². The van der Waals surface area contributed by atoms with Crippen LogP contribution in [0.1, 0.15) is 31.9 Å². The van der Waals surface area contributed by atoms with E-state index in [-0.39, 0.29) is 17.9 Å². The van der Waals surface area contributed by atoms with Crippen LogP contribution in [0.15, 0.2) is 34.7 Å². The molecule has 1 N–H and O–H groups in total. The number of para-hydroxylation sites is 1. The van der Waals surface area contributed by atoms with Crippen LogP contribution in [-0.2, 0) is 11.2 Å². The second-order valence-corrected chi connectivity index (χ2v) is 5.49. The van der Waals surface area contributed by atoms with Gasteiger partial charge in [0.15, 0.2) is 0 Å². The maximum Gasteiger partial charge on any atom is 0.223 e. The number of hydrogen-bond acceptors (Lipinski definition) is 2. The SMILES string of the molecule is CC(Cc1cc2ccccc2o1)NC(=O)C1CCC1. The van der Waals surface area contributed by atoms with Crippen molar-refractivity contribution in [2.45, 2.75) is 38.6 Å². The average Bonchev–Trinajstić information content (AvgIpc) is 2.67. The Morgan fingerprint density at radius 1 is 1.42 bits per heavy atom. The quantitative estimate of drug-likeness (QED) is 0.913. The summed E-state index contributed by atoms with van der Waals surface area (Å²) >= 11 is 0. The van der Waals surface area contributed by atoms with Crippen LogP contribution in [-0.4, -0.2) is 11.9 Å². The Morgan fingerprint density at radius 3 is 2.89 bits per heavy atom. The Kier molecular flexibility index (Phi) is 3.28. The maximum atomic E-state index is 11.9. The summed E-state index contributed by atoms with van der Waals surface area (Å²) < 4.78 is 5.77. The first-order chi connectivity index (χ1) is 9.22. The van der Waals surface area contributed by atoms with E-state index in [2.05, 4.69) is 11.4 Å². The number of carbonyl (C=O) groups is 1. The van der Waals surface area contributed by atoms with E-state index in [1.165, 1.54) is 6.42 Å². The van der Waals surface area contributed by atoms with Gasteiger partial charge in [0.25, 0.3) is 0 Å². The molecular weight excluding hydrogens is 238 g/mol. The van der Waals surface area contributed by atoms with E-state index in [1.54, 1.807) is 0 Å². The standard InChI is InChI=1S/C16H19NO2/c1-11(17-16(18)12-6-4-7-12)9-14-10-13-5-2-3-8-15(13)19-14/h2-3,5,8,10-12H,4,6-7,9H2,1H3,(H,17,18). The van der Waals surface area contributed by atoms with Crippen LogP contribution in [0.5, 0.6) is 0 Å². The van der Waals surface area contributed by atoms with Gasteiger partial charge in [0.05, 0.1) is 0 Å². The fourth-order valence-electron chi connectivity index (χ4n) is 2.52. The van der Waals surface area contributed by atoms with Crippen LogP contribution in [0.25, 0.3) is 11.0 Å². The lowest BCUT2D eigenvalue weighted by Crippen LogP contribution is -2.40. The molecular formula is C16H19NO2. The van der Waals surface area contributed by atoms with Crippen LogP contribution in [0.3, 0.4) is 0 Å². The van der Waals surface area contributed by atoms with Gasteiger partial charge in [-0.15, -0.1) is 0 Å². The van der Waals surface area contributed by atoms with Crippen LogP contribution >= 0.6 is 0 Å². The first kappa shape index (κ1) is 12.3. The molecule has 1 heterocycles. The zero-order chi connectivity index (χ0) is 13.2. The third-order valence-corrected chi connectivity index (χ3v) is 3.85. The smallest absolute Gasteiger partial charge is 0.223 e. The first-order valence-corrected chi connectivity index (χ1v) is 7.00. The summed E-state index contributed by atoms with van der Waals surface area (Å²) in [6.07, 6.45) is 4.02. The van der Waals surface area contributed by atoms with Crippen LogP contribution < -0.4 is 5.32 Å². The van der Waals surface area contributed by atoms with Gasteiger partial charge in [0.2, 0.25) is 5.91 Å². The molecule has 3 nitrogen and oxygen atoms in total. The molecule has 1 aromatic carbocycles. The predicted octanol–water partition coefficient (Wildman–Crippen LogP) is 3.28. The van der Waals surface area contributed by atoms with Gasteiger partial charge in [0.1, 0.15) is 11.3 Å². The van der Waals surface area contributed by atoms with Crippen molar-refractivity contribution in [3.8, 4) is 0 Å². The Hall–Kier alpha value is -1.77. The molecule has 1 aliphatic carbocycles. The summed E-state index contributed by atoms with van der Waals surface area (Å²) in [6, 6.07) is 10.2. The highest BCUT2D eigenvalue weighted by Gasteiger charge is 2.26. The van der Waals surface area contributed by atoms with Crippen molar-refractivity contribution in [1.29, 1.82) is 0 Å². The van der Waals surface area contributed by atoms with E-state index < -0.39 is 0 Å². The van der Waals surface area contributed by atoms with Crippen LogP contribution in [0.4, 0.5) is 0 Å². The summed E-state index contributed by atoms with van der Waals surface area (Å²) in [7, 11) is 0. The lowest BCUT2D eigenvalue weighted by atomic mass is 9.84. The zero-order valence-corrected chi connectivity index (χ0v) is 11.2. The molecule has 0 radical (unpaired) electrons. The van der Waals surface area contributed by atoms with Gasteiger partial charge in [0, 0.05) is 23.8 Å². The Morgan fingerprint density at radius 2 is 2.21 bits per heavy atom. The van der Waals surface area contributed by atoms with Gasteiger partial charge in [-0.1, -0.05) is 24.6 Å². The van der Waals surface area contributed by atoms with Gasteiger partial charge in [-0.25, -0.2) is 0 Å². The molecule has 0 saturated heterocycles. The molecule has 1 amide bonds. The lowest BCUT2D eigenvalue weighted by molar-refractivity contribution is -0.128. The summed E-state index contributed by atoms with van der Waals surface area (Å²) in [6.45, 7) is 2.03. The van der Waals surface area contributed by atoms with Gasteiger partial charge in [-0.05, 0) is 31.9 Å². The summed E-state index contributed by atoms with van der Waals surface area (Å²) in [5, 5.41) is 4.20. The molecule has 1 atom stereocenters.